The highest BCUT2D eigenvalue weighted by Gasteiger charge is 2.24. The van der Waals surface area contributed by atoms with Crippen LogP contribution >= 0.6 is 0 Å². The molecule has 2 N–H and O–H groups in total. The lowest BCUT2D eigenvalue weighted by molar-refractivity contribution is -0.116. The van der Waals surface area contributed by atoms with Crippen molar-refractivity contribution in [1.82, 2.24) is 5.32 Å². The van der Waals surface area contributed by atoms with Gasteiger partial charge in [0, 0.05) is 50.5 Å². The van der Waals surface area contributed by atoms with Crippen molar-refractivity contribution in [1.29, 1.82) is 0 Å². The topological polar surface area (TPSA) is 73.9 Å². The Morgan fingerprint density at radius 2 is 1.56 bits per heavy atom. The van der Waals surface area contributed by atoms with Crippen LogP contribution in [0.15, 0.2) is 42.5 Å². The van der Waals surface area contributed by atoms with E-state index in [1.165, 1.54) is 0 Å². The lowest BCUT2D eigenvalue weighted by Gasteiger charge is -2.38. The monoisotopic (exact) mass is 466 g/mol. The Hall–Kier alpha value is -3.22. The molecule has 2 aromatic carbocycles. The number of piperazine rings is 1. The third-order valence-electron chi connectivity index (χ3n) is 5.84. The first-order valence-corrected chi connectivity index (χ1v) is 12.1. The van der Waals surface area contributed by atoms with Crippen LogP contribution in [0.3, 0.4) is 0 Å². The van der Waals surface area contributed by atoms with Crippen LogP contribution in [0, 0.1) is 11.8 Å². The van der Waals surface area contributed by atoms with Crippen molar-refractivity contribution in [2.75, 3.05) is 55.0 Å². The van der Waals surface area contributed by atoms with Gasteiger partial charge in [-0.15, -0.1) is 0 Å². The molecule has 0 saturated carbocycles. The number of hydrogen-bond acceptors (Lipinski definition) is 5. The molecule has 0 atom stereocenters. The lowest BCUT2D eigenvalue weighted by Crippen LogP contribution is -2.47. The van der Waals surface area contributed by atoms with E-state index in [4.69, 9.17) is 4.74 Å². The molecule has 34 heavy (non-hydrogen) atoms. The first kappa shape index (κ1) is 25.4. The molecule has 0 unspecified atom stereocenters. The second-order valence-corrected chi connectivity index (χ2v) is 9.63. The summed E-state index contributed by atoms with van der Waals surface area (Å²) in [5.74, 6) is 1.34. The van der Waals surface area contributed by atoms with Crippen LogP contribution in [-0.4, -0.2) is 51.6 Å². The van der Waals surface area contributed by atoms with Crippen molar-refractivity contribution in [2.45, 2.75) is 34.1 Å². The summed E-state index contributed by atoms with van der Waals surface area (Å²) in [5.41, 5.74) is 3.22. The average Bonchev–Trinajstić information content (AvgIpc) is 2.82. The molecular weight excluding hydrogens is 428 g/mol. The van der Waals surface area contributed by atoms with Gasteiger partial charge in [0.15, 0.2) is 0 Å². The zero-order valence-electron chi connectivity index (χ0n) is 21.1. The predicted octanol–water partition coefficient (Wildman–Crippen LogP) is 4.39. The minimum absolute atomic E-state index is 0.0401. The Balaban J connectivity index is 1.79. The van der Waals surface area contributed by atoms with E-state index in [0.717, 1.165) is 43.3 Å². The number of hydrogen-bond donors (Lipinski definition) is 2. The fourth-order valence-corrected chi connectivity index (χ4v) is 4.13. The Morgan fingerprint density at radius 1 is 0.912 bits per heavy atom. The smallest absolute Gasteiger partial charge is 0.253 e. The minimum atomic E-state index is -0.115. The molecule has 1 aliphatic rings. The fraction of sp³-hybridized carbons (Fsp3) is 0.481. The molecular formula is C27H38N4O3. The summed E-state index contributed by atoms with van der Waals surface area (Å²) in [6.07, 6.45) is 0.446. The quantitative estimate of drug-likeness (QED) is 0.573. The number of methoxy groups -OCH3 is 1. The highest BCUT2D eigenvalue weighted by atomic mass is 16.5. The van der Waals surface area contributed by atoms with Gasteiger partial charge >= 0.3 is 0 Å². The minimum Gasteiger partial charge on any atom is -0.495 e. The maximum absolute atomic E-state index is 13.1. The van der Waals surface area contributed by atoms with Gasteiger partial charge in [-0.05, 0) is 42.2 Å². The highest BCUT2D eigenvalue weighted by molar-refractivity contribution is 6.02. The number of carbonyl (C=O) groups excluding carboxylic acids is 2. The third kappa shape index (κ3) is 6.65. The third-order valence-corrected chi connectivity index (χ3v) is 5.84. The van der Waals surface area contributed by atoms with Crippen molar-refractivity contribution in [3.05, 3.63) is 48.0 Å². The highest BCUT2D eigenvalue weighted by Crippen LogP contribution is 2.31. The number of nitrogens with zero attached hydrogens (tertiary/aromatic N) is 2. The normalized spacial score (nSPS) is 13.9. The number of rotatable bonds is 9. The number of para-hydroxylation sites is 2. The number of ether oxygens (including phenoxy) is 1. The van der Waals surface area contributed by atoms with E-state index in [2.05, 4.69) is 40.3 Å². The molecule has 2 aromatic rings. The molecule has 1 saturated heterocycles. The van der Waals surface area contributed by atoms with E-state index < -0.39 is 0 Å². The first-order chi connectivity index (χ1) is 16.3. The van der Waals surface area contributed by atoms with Crippen molar-refractivity contribution in [3.8, 4) is 5.75 Å². The Bertz CT molecular complexity index is 982. The number of carbonyl (C=O) groups is 2. The Kier molecular flexibility index (Phi) is 8.79. The van der Waals surface area contributed by atoms with Crippen LogP contribution < -0.4 is 25.2 Å². The van der Waals surface area contributed by atoms with Gasteiger partial charge in [0.25, 0.3) is 5.91 Å². The Labute approximate surface area is 203 Å². The van der Waals surface area contributed by atoms with Gasteiger partial charge in [0.2, 0.25) is 5.91 Å². The van der Waals surface area contributed by atoms with Crippen molar-refractivity contribution >= 4 is 28.9 Å². The molecule has 0 spiro atoms. The summed E-state index contributed by atoms with van der Waals surface area (Å²) >= 11 is 0. The van der Waals surface area contributed by atoms with Crippen LogP contribution in [0.25, 0.3) is 0 Å². The molecule has 1 aliphatic heterocycles. The number of amides is 2. The van der Waals surface area contributed by atoms with Gasteiger partial charge < -0.3 is 25.2 Å². The van der Waals surface area contributed by atoms with E-state index in [1.807, 2.05) is 44.2 Å². The van der Waals surface area contributed by atoms with Gasteiger partial charge in [0.05, 0.1) is 18.4 Å². The van der Waals surface area contributed by atoms with E-state index in [9.17, 15) is 9.59 Å². The molecule has 3 rings (SSSR count). The standard InChI is InChI=1S/C27H38N4O3/c1-19(2)16-26(32)29-21-10-11-23(22(17-21)27(33)28-18-20(3)4)30-12-14-31(15-13-30)24-8-6-7-9-25(24)34-5/h6-11,17,19-20H,12-16,18H2,1-5H3,(H,28,33)(H,29,32). The van der Waals surface area contributed by atoms with E-state index >= 15 is 0 Å². The van der Waals surface area contributed by atoms with Gasteiger partial charge in [0.1, 0.15) is 5.75 Å². The first-order valence-electron chi connectivity index (χ1n) is 12.1. The largest absolute Gasteiger partial charge is 0.495 e. The second kappa shape index (κ2) is 11.8. The molecule has 7 nitrogen and oxygen atoms in total. The van der Waals surface area contributed by atoms with Crippen molar-refractivity contribution in [2.24, 2.45) is 11.8 Å². The van der Waals surface area contributed by atoms with Crippen LogP contribution in [0.5, 0.6) is 5.75 Å². The molecule has 2 amide bonds. The summed E-state index contributed by atoms with van der Waals surface area (Å²) in [4.78, 5) is 30.0. The Morgan fingerprint density at radius 3 is 2.18 bits per heavy atom. The van der Waals surface area contributed by atoms with Gasteiger partial charge in [-0.1, -0.05) is 39.8 Å². The zero-order chi connectivity index (χ0) is 24.7. The molecule has 0 aromatic heterocycles. The number of benzene rings is 2. The van der Waals surface area contributed by atoms with Crippen LogP contribution in [0.4, 0.5) is 17.1 Å². The number of nitrogens with one attached hydrogen (secondary N) is 2. The molecule has 0 aliphatic carbocycles. The maximum Gasteiger partial charge on any atom is 0.253 e. The molecule has 0 radical (unpaired) electrons. The van der Waals surface area contributed by atoms with Gasteiger partial charge in [-0.25, -0.2) is 0 Å². The summed E-state index contributed by atoms with van der Waals surface area (Å²) in [6, 6.07) is 13.7. The lowest BCUT2D eigenvalue weighted by atomic mass is 10.1. The van der Waals surface area contributed by atoms with Gasteiger partial charge in [-0.3, -0.25) is 9.59 Å². The van der Waals surface area contributed by atoms with Crippen LogP contribution in [0.2, 0.25) is 0 Å². The summed E-state index contributed by atoms with van der Waals surface area (Å²) in [6.45, 7) is 12.0. The van der Waals surface area contributed by atoms with Gasteiger partial charge in [-0.2, -0.15) is 0 Å². The molecule has 1 heterocycles. The average molecular weight is 467 g/mol. The predicted molar refractivity (Wildman–Crippen MR) is 139 cm³/mol. The molecule has 184 valence electrons. The summed E-state index contributed by atoms with van der Waals surface area (Å²) in [5, 5.41) is 5.98. The molecule has 7 heteroatoms. The molecule has 0 bridgehead atoms. The van der Waals surface area contributed by atoms with Crippen LogP contribution in [-0.2, 0) is 4.79 Å². The maximum atomic E-state index is 13.1. The summed E-state index contributed by atoms with van der Waals surface area (Å²) in [7, 11) is 1.69. The summed E-state index contributed by atoms with van der Waals surface area (Å²) < 4.78 is 5.53. The van der Waals surface area contributed by atoms with E-state index in [1.54, 1.807) is 13.2 Å². The van der Waals surface area contributed by atoms with Crippen LogP contribution in [0.1, 0.15) is 44.5 Å². The van der Waals surface area contributed by atoms with Crippen molar-refractivity contribution < 1.29 is 14.3 Å². The fourth-order valence-electron chi connectivity index (χ4n) is 4.13. The molecule has 1 fully saturated rings. The number of anilines is 3. The van der Waals surface area contributed by atoms with Crippen molar-refractivity contribution in [3.63, 3.8) is 0 Å². The second-order valence-electron chi connectivity index (χ2n) is 9.63. The van der Waals surface area contributed by atoms with E-state index in [-0.39, 0.29) is 17.7 Å². The zero-order valence-corrected chi connectivity index (χ0v) is 21.1. The SMILES string of the molecule is COc1ccccc1N1CCN(c2ccc(NC(=O)CC(C)C)cc2C(=O)NCC(C)C)CC1. The van der Waals surface area contributed by atoms with E-state index in [0.29, 0.717) is 30.1 Å².